The van der Waals surface area contributed by atoms with Gasteiger partial charge in [-0.05, 0) is 102 Å². The van der Waals surface area contributed by atoms with Crippen LogP contribution in [-0.2, 0) is 0 Å². The van der Waals surface area contributed by atoms with Gasteiger partial charge in [0.1, 0.15) is 22.3 Å². The minimum absolute atomic E-state index is 0.560. The van der Waals surface area contributed by atoms with Crippen LogP contribution in [-0.4, -0.2) is 49.8 Å². The first-order chi connectivity index (χ1) is 55.4. The molecule has 0 atom stereocenters. The van der Waals surface area contributed by atoms with E-state index in [0.717, 1.165) is 188 Å². The van der Waals surface area contributed by atoms with Crippen LogP contribution in [0.4, 0.5) is 0 Å². The number of rotatable bonds is 13. The molecule has 0 N–H and O–H groups in total. The molecule has 0 saturated carbocycles. The Hall–Kier alpha value is -14.4. The summed E-state index contributed by atoms with van der Waals surface area (Å²) >= 11 is 3.52. The van der Waals surface area contributed by atoms with Crippen LogP contribution in [0.25, 0.3) is 222 Å². The van der Waals surface area contributed by atoms with Crippen molar-refractivity contribution in [3.05, 3.63) is 337 Å². The molecule has 1 aliphatic rings. The Bertz CT molecular complexity index is 7440. The van der Waals surface area contributed by atoms with Gasteiger partial charge in [0.2, 0.25) is 0 Å². The lowest BCUT2D eigenvalue weighted by Crippen LogP contribution is -2.26. The lowest BCUT2D eigenvalue weighted by Gasteiger charge is -2.13. The van der Waals surface area contributed by atoms with E-state index in [2.05, 4.69) is 188 Å². The molecule has 0 spiro atoms. The summed E-state index contributed by atoms with van der Waals surface area (Å²) in [5.74, 6) is 4.88. The standard InChI is InChI=1S/C98H58N10O2S2/c1-6-20-58(21-7-1)79-55-80(101-98(100-79)77-34-19-32-75-73-48-43-68(54-88(73)112-90(75)77)97-106-93(63-28-14-5-15-29-63)104-95(108-97)66-41-46-70-69-30-16-17-35-83(69)109-86(70)52-66)60-38-36-57(37-39-60)64-40-45-71-78-50-65(44-49-84(78)110-85(71)51-64)94-103-92(62-26-12-4-13-27-62)105-96(107-94)67-42-47-72-74-31-18-33-76(89(74)111-87(72)53-67)82-56-81(59-22-8-2-9-23-59)99-91(102-82)61-24-10-3-11-25-61/h1-18,20-33,35-56H,19,34H2. The summed E-state index contributed by atoms with van der Waals surface area (Å²) in [7, 11) is 0. The molecule has 12 nitrogen and oxygen atoms in total. The summed E-state index contributed by atoms with van der Waals surface area (Å²) in [5, 5.41) is 8.75. The third kappa shape index (κ3) is 11.6. The zero-order valence-corrected chi connectivity index (χ0v) is 61.3. The first-order valence-electron chi connectivity index (χ1n) is 37.2. The van der Waals surface area contributed by atoms with Gasteiger partial charge in [-0.3, -0.25) is 0 Å². The van der Waals surface area contributed by atoms with Gasteiger partial charge in [0.05, 0.1) is 22.8 Å². The van der Waals surface area contributed by atoms with Crippen molar-refractivity contribution in [3.63, 3.8) is 0 Å². The van der Waals surface area contributed by atoms with Gasteiger partial charge in [0.25, 0.3) is 0 Å². The summed E-state index contributed by atoms with van der Waals surface area (Å²) in [5.41, 5.74) is 20.1. The van der Waals surface area contributed by atoms with Crippen molar-refractivity contribution in [3.8, 4) is 136 Å². The fourth-order valence-corrected chi connectivity index (χ4v) is 18.1. The minimum Gasteiger partial charge on any atom is -0.456 e. The van der Waals surface area contributed by atoms with Gasteiger partial charge in [-0.15, -0.1) is 22.7 Å². The topological polar surface area (TPSA) is 155 Å². The highest BCUT2D eigenvalue weighted by atomic mass is 32.1. The zero-order valence-electron chi connectivity index (χ0n) is 59.7. The highest BCUT2D eigenvalue weighted by molar-refractivity contribution is 7.26. The van der Waals surface area contributed by atoms with E-state index in [0.29, 0.717) is 40.8 Å². The van der Waals surface area contributed by atoms with Gasteiger partial charge in [0, 0.05) is 123 Å². The van der Waals surface area contributed by atoms with Gasteiger partial charge in [-0.25, -0.2) is 49.8 Å². The predicted octanol–water partition coefficient (Wildman–Crippen LogP) is 23.8. The largest absolute Gasteiger partial charge is 0.456 e. The van der Waals surface area contributed by atoms with Gasteiger partial charge in [0.15, 0.2) is 46.6 Å². The van der Waals surface area contributed by atoms with E-state index in [1.165, 1.54) is 15.1 Å². The molecule has 0 amide bonds. The number of aromatic nitrogens is 10. The molecule has 0 bridgehead atoms. The Morgan fingerprint density at radius 2 is 0.625 bits per heavy atom. The minimum atomic E-state index is 0.560. The Morgan fingerprint density at radius 3 is 1.22 bits per heavy atom. The molecule has 0 unspecified atom stereocenters. The Labute approximate surface area is 648 Å². The summed E-state index contributed by atoms with van der Waals surface area (Å²) in [6.07, 6.45) is 4.02. The van der Waals surface area contributed by atoms with Crippen molar-refractivity contribution >= 4 is 108 Å². The number of thiophene rings is 2. The van der Waals surface area contributed by atoms with Crippen LogP contribution >= 0.6 is 22.7 Å². The Morgan fingerprint density at radius 1 is 0.232 bits per heavy atom. The van der Waals surface area contributed by atoms with Crippen LogP contribution in [0.5, 0.6) is 0 Å². The SMILES string of the molecule is C1=c2c(sc3cc(-c4nc(-c5ccccc5)nc(-c5ccc6c(c5)oc5ccccc56)n4)ccc23)=C(c2nc(-c3ccccc3)cc(-c3ccc(-c4ccc5c(c4)oc4ccc(-c6nc(-c7ccccc7)nc(-c7ccc8c(c7)sc7c(-c9cc(-c%10ccccc%10)nc(-c%10ccccc%10)n9)cccc78)n6)cc45)cc3)n2)CC1. The van der Waals surface area contributed by atoms with Crippen LogP contribution in [0.3, 0.4) is 0 Å². The molecule has 21 aromatic rings. The number of benzene rings is 13. The third-order valence-electron chi connectivity index (χ3n) is 21.1. The Kier molecular flexibility index (Phi) is 15.5. The van der Waals surface area contributed by atoms with Crippen molar-refractivity contribution in [2.45, 2.75) is 12.8 Å². The molecule has 22 rings (SSSR count). The molecular formula is C98H58N10O2S2. The number of fused-ring (bicyclic) bond motifs is 12. The van der Waals surface area contributed by atoms with E-state index in [1.807, 2.05) is 140 Å². The summed E-state index contributed by atoms with van der Waals surface area (Å²) in [6, 6.07) is 111. The highest BCUT2D eigenvalue weighted by Gasteiger charge is 2.24. The smallest absolute Gasteiger partial charge is 0.164 e. The zero-order chi connectivity index (χ0) is 73.7. The molecule has 1 aliphatic carbocycles. The number of hydrogen-bond acceptors (Lipinski definition) is 14. The van der Waals surface area contributed by atoms with Crippen molar-refractivity contribution in [2.75, 3.05) is 0 Å². The second-order valence-corrected chi connectivity index (χ2v) is 30.2. The van der Waals surface area contributed by atoms with E-state index in [4.69, 9.17) is 58.7 Å². The van der Waals surface area contributed by atoms with E-state index >= 15 is 0 Å². The number of nitrogens with zero attached hydrogens (tertiary/aromatic N) is 10. The van der Waals surface area contributed by atoms with Crippen LogP contribution in [0.2, 0.25) is 0 Å². The molecule has 112 heavy (non-hydrogen) atoms. The molecule has 8 aromatic heterocycles. The van der Waals surface area contributed by atoms with Crippen LogP contribution in [0.1, 0.15) is 18.7 Å². The van der Waals surface area contributed by atoms with E-state index < -0.39 is 0 Å². The third-order valence-corrected chi connectivity index (χ3v) is 23.6. The van der Waals surface area contributed by atoms with E-state index in [-0.39, 0.29) is 0 Å². The van der Waals surface area contributed by atoms with Crippen LogP contribution in [0.15, 0.2) is 330 Å². The quantitative estimate of drug-likeness (QED) is 0.108. The van der Waals surface area contributed by atoms with Crippen molar-refractivity contribution < 1.29 is 8.83 Å². The van der Waals surface area contributed by atoms with Crippen molar-refractivity contribution in [1.82, 2.24) is 49.8 Å². The first-order valence-corrected chi connectivity index (χ1v) is 38.8. The van der Waals surface area contributed by atoms with E-state index in [1.54, 1.807) is 22.7 Å². The molecule has 0 saturated heterocycles. The maximum absolute atomic E-state index is 6.70. The maximum Gasteiger partial charge on any atom is 0.164 e. The van der Waals surface area contributed by atoms with Crippen LogP contribution in [0, 0.1) is 0 Å². The molecule has 14 heteroatoms. The predicted molar refractivity (Wildman–Crippen MR) is 454 cm³/mol. The molecule has 0 aliphatic heterocycles. The number of furan rings is 2. The molecular weight excluding hydrogens is 1410 g/mol. The fourth-order valence-electron chi connectivity index (χ4n) is 15.5. The molecule has 8 heterocycles. The number of para-hydroxylation sites is 1. The van der Waals surface area contributed by atoms with Gasteiger partial charge in [-0.1, -0.05) is 255 Å². The average molecular weight is 1470 g/mol. The maximum atomic E-state index is 6.70. The lowest BCUT2D eigenvalue weighted by molar-refractivity contribution is 0.668. The summed E-state index contributed by atoms with van der Waals surface area (Å²) in [6.45, 7) is 0. The molecule has 13 aromatic carbocycles. The number of hydrogen-bond donors (Lipinski definition) is 0. The molecule has 0 radical (unpaired) electrons. The first kappa shape index (κ1) is 64.7. The summed E-state index contributed by atoms with van der Waals surface area (Å²) < 4.78 is 17.6. The second kappa shape index (κ2) is 26.7. The highest BCUT2D eigenvalue weighted by Crippen LogP contribution is 2.44. The van der Waals surface area contributed by atoms with Crippen LogP contribution < -0.4 is 9.75 Å². The van der Waals surface area contributed by atoms with Crippen molar-refractivity contribution in [1.29, 1.82) is 0 Å². The van der Waals surface area contributed by atoms with E-state index in [9.17, 15) is 0 Å². The monoisotopic (exact) mass is 1470 g/mol. The van der Waals surface area contributed by atoms with Crippen molar-refractivity contribution in [2.24, 2.45) is 0 Å². The normalized spacial score (nSPS) is 12.3. The Balaban J connectivity index is 0.578. The fraction of sp³-hybridized carbons (Fsp3) is 0.0204. The van der Waals surface area contributed by atoms with Gasteiger partial charge >= 0.3 is 0 Å². The molecule has 0 fully saturated rings. The van der Waals surface area contributed by atoms with Gasteiger partial charge in [-0.2, -0.15) is 0 Å². The lowest BCUT2D eigenvalue weighted by atomic mass is 9.99. The van der Waals surface area contributed by atoms with Gasteiger partial charge < -0.3 is 8.83 Å². The average Bonchev–Trinajstić information content (AvgIpc) is 1.59. The second-order valence-electron chi connectivity index (χ2n) is 28.0. The molecule has 524 valence electrons. The summed E-state index contributed by atoms with van der Waals surface area (Å²) in [4.78, 5) is 52.2.